The highest BCUT2D eigenvalue weighted by atomic mass is 19.1. The van der Waals surface area contributed by atoms with Crippen LogP contribution in [0.4, 0.5) is 4.39 Å². The van der Waals surface area contributed by atoms with E-state index in [1.54, 1.807) is 38.3 Å². The highest BCUT2D eigenvalue weighted by molar-refractivity contribution is 5.27. The topological polar surface area (TPSA) is 82.7 Å². The molecule has 1 N–H and O–H groups in total. The molecule has 140 valence electrons. The summed E-state index contributed by atoms with van der Waals surface area (Å²) in [6.45, 7) is 1.33. The largest absolute Gasteiger partial charge is 0.497 e. The summed E-state index contributed by atoms with van der Waals surface area (Å²) in [5.74, 6) is 0.106. The quantitative estimate of drug-likeness (QED) is 0.854. The Kier molecular flexibility index (Phi) is 5.24. The summed E-state index contributed by atoms with van der Waals surface area (Å²) in [6, 6.07) is 8.16. The van der Waals surface area contributed by atoms with Crippen molar-refractivity contribution in [2.24, 2.45) is 5.92 Å². The third-order valence-corrected chi connectivity index (χ3v) is 4.72. The van der Waals surface area contributed by atoms with Crippen molar-refractivity contribution < 1.29 is 19.0 Å². The Morgan fingerprint density at radius 3 is 2.50 bits per heavy atom. The molecule has 26 heavy (non-hydrogen) atoms. The Hall–Kier alpha value is -2.45. The first kappa shape index (κ1) is 18.3. The van der Waals surface area contributed by atoms with Crippen LogP contribution >= 0.6 is 0 Å². The minimum absolute atomic E-state index is 0.0468. The summed E-state index contributed by atoms with van der Waals surface area (Å²) in [4.78, 5) is 24.9. The minimum atomic E-state index is -1.46. The summed E-state index contributed by atoms with van der Waals surface area (Å²) in [7, 11) is 1.55. The van der Waals surface area contributed by atoms with Gasteiger partial charge in [0.25, 0.3) is 5.56 Å². The van der Waals surface area contributed by atoms with E-state index in [2.05, 4.69) is 0 Å². The molecule has 7 nitrogen and oxygen atoms in total. The van der Waals surface area contributed by atoms with Crippen LogP contribution in [0.1, 0.15) is 18.7 Å². The first-order chi connectivity index (χ1) is 12.5. The molecule has 2 heterocycles. The van der Waals surface area contributed by atoms with Gasteiger partial charge in [0.05, 0.1) is 26.4 Å². The second-order valence-corrected chi connectivity index (χ2v) is 6.33. The number of hydrogen-bond acceptors (Lipinski definition) is 5. The molecule has 0 aliphatic carbocycles. The van der Waals surface area contributed by atoms with Gasteiger partial charge < -0.3 is 14.6 Å². The zero-order valence-electron chi connectivity index (χ0n) is 14.5. The van der Waals surface area contributed by atoms with Gasteiger partial charge >= 0.3 is 5.69 Å². The Balaban J connectivity index is 1.94. The zero-order valence-corrected chi connectivity index (χ0v) is 14.5. The van der Waals surface area contributed by atoms with Crippen molar-refractivity contribution in [1.29, 1.82) is 0 Å². The van der Waals surface area contributed by atoms with Crippen molar-refractivity contribution in [1.82, 2.24) is 9.13 Å². The number of benzene rings is 1. The van der Waals surface area contributed by atoms with Crippen molar-refractivity contribution >= 4 is 0 Å². The van der Waals surface area contributed by atoms with Gasteiger partial charge in [-0.1, -0.05) is 19.1 Å². The predicted molar refractivity (Wildman–Crippen MR) is 92.1 cm³/mol. The number of alkyl halides is 1. The van der Waals surface area contributed by atoms with Gasteiger partial charge in [0.2, 0.25) is 0 Å². The van der Waals surface area contributed by atoms with Gasteiger partial charge in [-0.15, -0.1) is 0 Å². The van der Waals surface area contributed by atoms with E-state index in [-0.39, 0.29) is 13.2 Å². The molecule has 0 spiro atoms. The van der Waals surface area contributed by atoms with Crippen LogP contribution in [0.25, 0.3) is 0 Å². The molecular formula is C18H21FN2O5. The van der Waals surface area contributed by atoms with E-state index in [1.807, 2.05) is 0 Å². The van der Waals surface area contributed by atoms with Crippen LogP contribution in [0.2, 0.25) is 0 Å². The lowest BCUT2D eigenvalue weighted by Gasteiger charge is -2.18. The average molecular weight is 364 g/mol. The number of methoxy groups -OCH3 is 1. The molecule has 0 amide bonds. The second-order valence-electron chi connectivity index (χ2n) is 6.33. The third kappa shape index (κ3) is 3.30. The predicted octanol–water partition coefficient (Wildman–Crippen LogP) is 0.931. The van der Waals surface area contributed by atoms with Crippen LogP contribution in [0.15, 0.2) is 46.1 Å². The molecule has 0 radical (unpaired) electrons. The molecule has 4 atom stereocenters. The van der Waals surface area contributed by atoms with Gasteiger partial charge in [-0.25, -0.2) is 9.18 Å². The van der Waals surface area contributed by atoms with Crippen molar-refractivity contribution in [2.75, 3.05) is 13.7 Å². The molecule has 3 rings (SSSR count). The van der Waals surface area contributed by atoms with Crippen LogP contribution in [0.3, 0.4) is 0 Å². The standard InChI is InChI=1S/C18H21FN2O5/c1-11-14(10-22)26-17(16(11)19)20-8-7-15(23)21(18(20)24)9-12-3-5-13(25-2)6-4-12/h3-8,11,14,16-17,22H,9-10H2,1-2H3/t11-,14-,16-,17-/m1/s1. The molecule has 1 aliphatic rings. The lowest BCUT2D eigenvalue weighted by atomic mass is 10.0. The molecule has 1 saturated heterocycles. The maximum absolute atomic E-state index is 14.5. The highest BCUT2D eigenvalue weighted by Gasteiger charge is 2.43. The van der Waals surface area contributed by atoms with Gasteiger partial charge in [0, 0.05) is 18.2 Å². The Morgan fingerprint density at radius 1 is 1.23 bits per heavy atom. The number of nitrogens with zero attached hydrogens (tertiary/aromatic N) is 2. The van der Waals surface area contributed by atoms with Crippen LogP contribution in [-0.4, -0.2) is 40.2 Å². The summed E-state index contributed by atoms with van der Waals surface area (Å²) >= 11 is 0. The first-order valence-corrected chi connectivity index (χ1v) is 8.31. The molecule has 1 fully saturated rings. The smallest absolute Gasteiger partial charge is 0.333 e. The second kappa shape index (κ2) is 7.43. The van der Waals surface area contributed by atoms with E-state index in [9.17, 15) is 19.1 Å². The molecule has 1 aromatic heterocycles. The number of halogens is 1. The monoisotopic (exact) mass is 364 g/mol. The summed E-state index contributed by atoms with van der Waals surface area (Å²) in [5.41, 5.74) is -0.414. The van der Waals surface area contributed by atoms with Crippen LogP contribution < -0.4 is 16.0 Å². The Bertz CT molecular complexity index is 876. The fourth-order valence-corrected chi connectivity index (χ4v) is 3.06. The van der Waals surface area contributed by atoms with E-state index in [4.69, 9.17) is 9.47 Å². The van der Waals surface area contributed by atoms with E-state index in [0.29, 0.717) is 5.75 Å². The maximum Gasteiger partial charge on any atom is 0.333 e. The van der Waals surface area contributed by atoms with Crippen molar-refractivity contribution in [2.45, 2.75) is 32.0 Å². The molecule has 8 heteroatoms. The number of ether oxygens (including phenoxy) is 2. The van der Waals surface area contributed by atoms with E-state index in [0.717, 1.165) is 14.7 Å². The fourth-order valence-electron chi connectivity index (χ4n) is 3.06. The normalized spacial score (nSPS) is 25.4. The lowest BCUT2D eigenvalue weighted by Crippen LogP contribution is -2.42. The van der Waals surface area contributed by atoms with Gasteiger partial charge in [-0.05, 0) is 17.7 Å². The maximum atomic E-state index is 14.5. The van der Waals surface area contributed by atoms with Gasteiger partial charge in [0.15, 0.2) is 12.4 Å². The average Bonchev–Trinajstić information content (AvgIpc) is 2.94. The van der Waals surface area contributed by atoms with Crippen LogP contribution in [0.5, 0.6) is 5.75 Å². The van der Waals surface area contributed by atoms with Crippen molar-refractivity contribution in [3.63, 3.8) is 0 Å². The molecule has 2 aromatic rings. The van der Waals surface area contributed by atoms with E-state index >= 15 is 0 Å². The molecule has 0 saturated carbocycles. The van der Waals surface area contributed by atoms with Gasteiger partial charge in [-0.2, -0.15) is 0 Å². The van der Waals surface area contributed by atoms with E-state index in [1.165, 1.54) is 12.3 Å². The molecule has 1 aromatic carbocycles. The fraction of sp³-hybridized carbons (Fsp3) is 0.444. The first-order valence-electron chi connectivity index (χ1n) is 8.31. The molecular weight excluding hydrogens is 343 g/mol. The summed E-state index contributed by atoms with van der Waals surface area (Å²) in [5, 5.41) is 9.28. The number of hydrogen-bond donors (Lipinski definition) is 1. The van der Waals surface area contributed by atoms with Gasteiger partial charge in [0.1, 0.15) is 5.75 Å². The lowest BCUT2D eigenvalue weighted by molar-refractivity contribution is -0.0424. The number of aromatic nitrogens is 2. The van der Waals surface area contributed by atoms with Crippen LogP contribution in [-0.2, 0) is 11.3 Å². The molecule has 0 unspecified atom stereocenters. The van der Waals surface area contributed by atoms with Crippen LogP contribution in [0, 0.1) is 5.92 Å². The van der Waals surface area contributed by atoms with E-state index < -0.39 is 35.7 Å². The summed E-state index contributed by atoms with van der Waals surface area (Å²) < 4.78 is 27.2. The Morgan fingerprint density at radius 2 is 1.92 bits per heavy atom. The zero-order chi connectivity index (χ0) is 18.8. The molecule has 0 bridgehead atoms. The Labute approximate surface area is 149 Å². The summed E-state index contributed by atoms with van der Waals surface area (Å²) in [6.07, 6.45) is -2.09. The highest BCUT2D eigenvalue weighted by Crippen LogP contribution is 2.34. The number of rotatable bonds is 5. The van der Waals surface area contributed by atoms with Gasteiger partial charge in [-0.3, -0.25) is 13.9 Å². The SMILES string of the molecule is COc1ccc(Cn2c(=O)ccn([C@@H]3O[C@H](CO)[C@@H](C)[C@H]3F)c2=O)cc1. The number of aliphatic hydroxyl groups excluding tert-OH is 1. The third-order valence-electron chi connectivity index (χ3n) is 4.72. The van der Waals surface area contributed by atoms with Crippen molar-refractivity contribution in [3.8, 4) is 5.75 Å². The number of aliphatic hydroxyl groups is 1. The molecule has 1 aliphatic heterocycles. The van der Waals surface area contributed by atoms with Crippen molar-refractivity contribution in [3.05, 3.63) is 62.9 Å². The minimum Gasteiger partial charge on any atom is -0.497 e.